The molecular formula is C14H21ClN2O. The summed E-state index contributed by atoms with van der Waals surface area (Å²) in [5.41, 5.74) is 7.02. The molecule has 0 saturated heterocycles. The van der Waals surface area contributed by atoms with Gasteiger partial charge in [0, 0.05) is 12.6 Å². The van der Waals surface area contributed by atoms with E-state index in [-0.39, 0.29) is 17.4 Å². The number of nitrogens with one attached hydrogen (secondary N) is 1. The van der Waals surface area contributed by atoms with Gasteiger partial charge in [0.05, 0.1) is 10.6 Å². The Labute approximate surface area is 114 Å². The summed E-state index contributed by atoms with van der Waals surface area (Å²) >= 11 is 6.14. The Balaban J connectivity index is 2.92. The largest absolute Gasteiger partial charge is 0.347 e. The van der Waals surface area contributed by atoms with E-state index < -0.39 is 0 Å². The Morgan fingerprint density at radius 3 is 2.56 bits per heavy atom. The third-order valence-electron chi connectivity index (χ3n) is 3.02. The van der Waals surface area contributed by atoms with Crippen LogP contribution in [0.15, 0.2) is 18.2 Å². The van der Waals surface area contributed by atoms with Crippen LogP contribution in [0.25, 0.3) is 0 Å². The molecule has 0 fully saturated rings. The topological polar surface area (TPSA) is 55.1 Å². The number of nitrogens with two attached hydrogens (primary N) is 1. The van der Waals surface area contributed by atoms with Crippen LogP contribution in [0.5, 0.6) is 0 Å². The van der Waals surface area contributed by atoms with E-state index in [9.17, 15) is 4.79 Å². The highest BCUT2D eigenvalue weighted by Crippen LogP contribution is 2.22. The zero-order valence-corrected chi connectivity index (χ0v) is 12.1. The summed E-state index contributed by atoms with van der Waals surface area (Å²) in [6, 6.07) is 5.34. The standard InChI is InChI=1S/C14H21ClN2O/c1-9-6-5-7-10(12(9)15)13(18)17-11(8-16)14(2,3)4/h5-7,11H,8,16H2,1-4H3,(H,17,18). The van der Waals surface area contributed by atoms with Gasteiger partial charge in [0.2, 0.25) is 0 Å². The molecular weight excluding hydrogens is 248 g/mol. The summed E-state index contributed by atoms with van der Waals surface area (Å²) in [6.45, 7) is 8.41. The van der Waals surface area contributed by atoms with Gasteiger partial charge in [-0.3, -0.25) is 4.79 Å². The number of rotatable bonds is 3. The molecule has 1 aromatic carbocycles. The Morgan fingerprint density at radius 2 is 2.06 bits per heavy atom. The van der Waals surface area contributed by atoms with E-state index in [4.69, 9.17) is 17.3 Å². The molecule has 0 radical (unpaired) electrons. The molecule has 100 valence electrons. The molecule has 1 unspecified atom stereocenters. The first-order valence-corrected chi connectivity index (χ1v) is 6.41. The second kappa shape index (κ2) is 5.72. The van der Waals surface area contributed by atoms with Crippen LogP contribution in [0.4, 0.5) is 0 Å². The van der Waals surface area contributed by atoms with Crippen molar-refractivity contribution < 1.29 is 4.79 Å². The van der Waals surface area contributed by atoms with Crippen molar-refractivity contribution in [2.45, 2.75) is 33.7 Å². The second-order valence-electron chi connectivity index (χ2n) is 5.56. The molecule has 18 heavy (non-hydrogen) atoms. The summed E-state index contributed by atoms with van der Waals surface area (Å²) in [6.07, 6.45) is 0. The SMILES string of the molecule is Cc1cccc(C(=O)NC(CN)C(C)(C)C)c1Cl. The Morgan fingerprint density at radius 1 is 1.44 bits per heavy atom. The molecule has 4 heteroatoms. The fourth-order valence-corrected chi connectivity index (χ4v) is 1.90. The number of benzene rings is 1. The first-order valence-electron chi connectivity index (χ1n) is 6.03. The van der Waals surface area contributed by atoms with Crippen molar-refractivity contribution in [1.29, 1.82) is 0 Å². The minimum atomic E-state index is -0.172. The number of amides is 1. The van der Waals surface area contributed by atoms with Gasteiger partial charge in [0.25, 0.3) is 5.91 Å². The first-order chi connectivity index (χ1) is 8.27. The molecule has 3 nitrogen and oxygen atoms in total. The quantitative estimate of drug-likeness (QED) is 0.886. The van der Waals surface area contributed by atoms with Gasteiger partial charge in [-0.2, -0.15) is 0 Å². The maximum absolute atomic E-state index is 12.2. The van der Waals surface area contributed by atoms with Crippen molar-refractivity contribution >= 4 is 17.5 Å². The maximum Gasteiger partial charge on any atom is 0.253 e. The van der Waals surface area contributed by atoms with Crippen LogP contribution < -0.4 is 11.1 Å². The van der Waals surface area contributed by atoms with Crippen molar-refractivity contribution in [1.82, 2.24) is 5.32 Å². The van der Waals surface area contributed by atoms with E-state index in [1.165, 1.54) is 0 Å². The van der Waals surface area contributed by atoms with E-state index in [1.54, 1.807) is 6.07 Å². The highest BCUT2D eigenvalue weighted by Gasteiger charge is 2.25. The van der Waals surface area contributed by atoms with Crippen molar-refractivity contribution in [3.63, 3.8) is 0 Å². The molecule has 0 bridgehead atoms. The lowest BCUT2D eigenvalue weighted by Crippen LogP contribution is -2.48. The van der Waals surface area contributed by atoms with Gasteiger partial charge in [0.1, 0.15) is 0 Å². The monoisotopic (exact) mass is 268 g/mol. The summed E-state index contributed by atoms with van der Waals surface area (Å²) in [5.74, 6) is -0.172. The number of hydrogen-bond donors (Lipinski definition) is 2. The van der Waals surface area contributed by atoms with Crippen molar-refractivity contribution in [3.05, 3.63) is 34.3 Å². The normalized spacial score (nSPS) is 13.2. The number of halogens is 1. The maximum atomic E-state index is 12.2. The molecule has 1 atom stereocenters. The van der Waals surface area contributed by atoms with Gasteiger partial charge < -0.3 is 11.1 Å². The van der Waals surface area contributed by atoms with Crippen LogP contribution in [-0.4, -0.2) is 18.5 Å². The van der Waals surface area contributed by atoms with Crippen molar-refractivity contribution in [3.8, 4) is 0 Å². The summed E-state index contributed by atoms with van der Waals surface area (Å²) < 4.78 is 0. The fourth-order valence-electron chi connectivity index (χ4n) is 1.69. The highest BCUT2D eigenvalue weighted by atomic mass is 35.5. The van der Waals surface area contributed by atoms with Crippen LogP contribution in [0.3, 0.4) is 0 Å². The van der Waals surface area contributed by atoms with Gasteiger partial charge in [-0.05, 0) is 24.0 Å². The predicted octanol–water partition coefficient (Wildman–Crippen LogP) is 2.75. The summed E-state index contributed by atoms with van der Waals surface area (Å²) in [7, 11) is 0. The molecule has 0 heterocycles. The highest BCUT2D eigenvalue weighted by molar-refractivity contribution is 6.34. The first kappa shape index (κ1) is 15.0. The van der Waals surface area contributed by atoms with E-state index in [0.717, 1.165) is 5.56 Å². The number of hydrogen-bond acceptors (Lipinski definition) is 2. The minimum absolute atomic E-state index is 0.0819. The molecule has 1 rings (SSSR count). The molecule has 0 aromatic heterocycles. The van der Waals surface area contributed by atoms with E-state index in [1.807, 2.05) is 39.8 Å². The van der Waals surface area contributed by atoms with Crippen LogP contribution in [-0.2, 0) is 0 Å². The van der Waals surface area contributed by atoms with E-state index >= 15 is 0 Å². The Hall–Kier alpha value is -1.06. The van der Waals surface area contributed by atoms with Gasteiger partial charge in [-0.15, -0.1) is 0 Å². The third kappa shape index (κ3) is 3.47. The van der Waals surface area contributed by atoms with Crippen molar-refractivity contribution in [2.75, 3.05) is 6.54 Å². The van der Waals surface area contributed by atoms with Crippen LogP contribution in [0.1, 0.15) is 36.7 Å². The van der Waals surface area contributed by atoms with Crippen molar-refractivity contribution in [2.24, 2.45) is 11.1 Å². The van der Waals surface area contributed by atoms with Crippen LogP contribution >= 0.6 is 11.6 Å². The minimum Gasteiger partial charge on any atom is -0.347 e. The molecule has 0 aliphatic rings. The van der Waals surface area contributed by atoms with Crippen LogP contribution in [0, 0.1) is 12.3 Å². The zero-order chi connectivity index (χ0) is 13.9. The lowest BCUT2D eigenvalue weighted by Gasteiger charge is -2.30. The molecule has 0 spiro atoms. The van der Waals surface area contributed by atoms with E-state index in [0.29, 0.717) is 17.1 Å². The average Bonchev–Trinajstić information content (AvgIpc) is 2.27. The van der Waals surface area contributed by atoms with Gasteiger partial charge >= 0.3 is 0 Å². The number of aryl methyl sites for hydroxylation is 1. The number of carbonyl (C=O) groups is 1. The predicted molar refractivity (Wildman–Crippen MR) is 76.0 cm³/mol. The molecule has 1 aromatic rings. The summed E-state index contributed by atoms with van der Waals surface area (Å²) in [4.78, 5) is 12.2. The molecule has 0 saturated carbocycles. The smallest absolute Gasteiger partial charge is 0.253 e. The van der Waals surface area contributed by atoms with Gasteiger partial charge in [-0.1, -0.05) is 44.5 Å². The van der Waals surface area contributed by atoms with Gasteiger partial charge in [0.15, 0.2) is 0 Å². The average molecular weight is 269 g/mol. The van der Waals surface area contributed by atoms with Gasteiger partial charge in [-0.25, -0.2) is 0 Å². The molecule has 1 amide bonds. The molecule has 0 aliphatic carbocycles. The molecule has 3 N–H and O–H groups in total. The van der Waals surface area contributed by atoms with E-state index in [2.05, 4.69) is 5.32 Å². The summed E-state index contributed by atoms with van der Waals surface area (Å²) in [5, 5.41) is 3.44. The fraction of sp³-hybridized carbons (Fsp3) is 0.500. The third-order valence-corrected chi connectivity index (χ3v) is 3.52. The Bertz CT molecular complexity index is 438. The Kier molecular flexibility index (Phi) is 4.77. The van der Waals surface area contributed by atoms with Crippen LogP contribution in [0.2, 0.25) is 5.02 Å². The lowest BCUT2D eigenvalue weighted by molar-refractivity contribution is 0.0905. The lowest BCUT2D eigenvalue weighted by atomic mass is 9.86. The number of carbonyl (C=O) groups excluding carboxylic acids is 1. The zero-order valence-electron chi connectivity index (χ0n) is 11.4. The second-order valence-corrected chi connectivity index (χ2v) is 5.94. The molecule has 0 aliphatic heterocycles.